The summed E-state index contributed by atoms with van der Waals surface area (Å²) in [5.41, 5.74) is 4.48. The molecule has 4 rings (SSSR count). The van der Waals surface area contributed by atoms with E-state index in [9.17, 15) is 8.42 Å². The number of halogens is 2. The van der Waals surface area contributed by atoms with E-state index < -0.39 is 10.0 Å². The van der Waals surface area contributed by atoms with E-state index in [1.807, 2.05) is 0 Å². The minimum atomic E-state index is -3.61. The Kier molecular flexibility index (Phi) is 6.10. The predicted molar refractivity (Wildman–Crippen MR) is 124 cm³/mol. The SMILES string of the molecule is Cc1cc(C)cc(-c2csc(N3CCN(S(=O)(=O)c4ccc(Cl)c(Cl)c4)CC3)n2)c1. The Morgan fingerprint density at radius 3 is 2.23 bits per heavy atom. The van der Waals surface area contributed by atoms with E-state index in [2.05, 4.69) is 42.3 Å². The van der Waals surface area contributed by atoms with Crippen LogP contribution in [0.1, 0.15) is 11.1 Å². The molecule has 0 atom stereocenters. The zero-order valence-corrected chi connectivity index (χ0v) is 19.7. The van der Waals surface area contributed by atoms with Crippen molar-refractivity contribution in [2.45, 2.75) is 18.7 Å². The molecule has 1 aromatic heterocycles. The van der Waals surface area contributed by atoms with E-state index in [-0.39, 0.29) is 9.92 Å². The van der Waals surface area contributed by atoms with E-state index in [0.717, 1.165) is 16.4 Å². The molecule has 0 spiro atoms. The zero-order chi connectivity index (χ0) is 21.5. The van der Waals surface area contributed by atoms with E-state index in [0.29, 0.717) is 31.2 Å². The van der Waals surface area contributed by atoms with E-state index in [1.54, 1.807) is 11.3 Å². The van der Waals surface area contributed by atoms with Gasteiger partial charge in [-0.2, -0.15) is 4.31 Å². The van der Waals surface area contributed by atoms with Crippen LogP contribution in [0.4, 0.5) is 5.13 Å². The molecule has 0 bridgehead atoms. The molecule has 0 aliphatic carbocycles. The van der Waals surface area contributed by atoms with Crippen LogP contribution in [0.25, 0.3) is 11.3 Å². The van der Waals surface area contributed by atoms with E-state index in [4.69, 9.17) is 28.2 Å². The molecule has 0 saturated carbocycles. The second kappa shape index (κ2) is 8.48. The Labute approximate surface area is 190 Å². The first-order valence-corrected chi connectivity index (χ1v) is 12.6. The maximum atomic E-state index is 12.9. The van der Waals surface area contributed by atoms with Gasteiger partial charge in [-0.05, 0) is 44.2 Å². The molecule has 5 nitrogen and oxygen atoms in total. The number of rotatable bonds is 4. The Balaban J connectivity index is 1.47. The highest BCUT2D eigenvalue weighted by atomic mass is 35.5. The minimum Gasteiger partial charge on any atom is -0.345 e. The van der Waals surface area contributed by atoms with Crippen LogP contribution in [0.15, 0.2) is 46.7 Å². The number of nitrogens with zero attached hydrogens (tertiary/aromatic N) is 3. The van der Waals surface area contributed by atoms with Gasteiger partial charge in [0, 0.05) is 37.1 Å². The van der Waals surface area contributed by atoms with Crippen molar-refractivity contribution < 1.29 is 8.42 Å². The Morgan fingerprint density at radius 2 is 1.60 bits per heavy atom. The molecule has 0 unspecified atom stereocenters. The maximum Gasteiger partial charge on any atom is 0.243 e. The number of benzene rings is 2. The fourth-order valence-corrected chi connectivity index (χ4v) is 6.27. The maximum absolute atomic E-state index is 12.9. The van der Waals surface area contributed by atoms with Gasteiger partial charge in [0.2, 0.25) is 10.0 Å². The summed E-state index contributed by atoms with van der Waals surface area (Å²) in [4.78, 5) is 7.10. The molecule has 1 saturated heterocycles. The molecule has 1 aliphatic rings. The van der Waals surface area contributed by atoms with Gasteiger partial charge in [0.05, 0.1) is 20.6 Å². The quantitative estimate of drug-likeness (QED) is 0.510. The molecule has 1 fully saturated rings. The largest absolute Gasteiger partial charge is 0.345 e. The zero-order valence-electron chi connectivity index (χ0n) is 16.6. The second-order valence-corrected chi connectivity index (χ2v) is 10.9. The number of thiazole rings is 1. The summed E-state index contributed by atoms with van der Waals surface area (Å²) >= 11 is 13.5. The van der Waals surface area contributed by atoms with Crippen LogP contribution < -0.4 is 4.90 Å². The lowest BCUT2D eigenvalue weighted by Gasteiger charge is -2.33. The summed E-state index contributed by atoms with van der Waals surface area (Å²) in [5, 5.41) is 3.54. The summed E-state index contributed by atoms with van der Waals surface area (Å²) in [5.74, 6) is 0. The highest BCUT2D eigenvalue weighted by molar-refractivity contribution is 7.89. The fourth-order valence-electron chi connectivity index (χ4n) is 3.57. The lowest BCUT2D eigenvalue weighted by Crippen LogP contribution is -2.48. The molecular formula is C21H21Cl2N3O2S2. The highest BCUT2D eigenvalue weighted by Gasteiger charge is 2.29. The lowest BCUT2D eigenvalue weighted by molar-refractivity contribution is 0.385. The average Bonchev–Trinajstić information content (AvgIpc) is 3.20. The van der Waals surface area contributed by atoms with Gasteiger partial charge in [-0.3, -0.25) is 0 Å². The highest BCUT2D eigenvalue weighted by Crippen LogP contribution is 2.31. The van der Waals surface area contributed by atoms with Gasteiger partial charge in [-0.1, -0.05) is 40.4 Å². The lowest BCUT2D eigenvalue weighted by atomic mass is 10.1. The topological polar surface area (TPSA) is 53.5 Å². The van der Waals surface area contributed by atoms with Gasteiger partial charge < -0.3 is 4.90 Å². The first kappa shape index (κ1) is 21.6. The van der Waals surface area contributed by atoms with Crippen molar-refractivity contribution >= 4 is 49.7 Å². The monoisotopic (exact) mass is 481 g/mol. The van der Waals surface area contributed by atoms with Crippen LogP contribution in [0.2, 0.25) is 10.0 Å². The molecule has 0 radical (unpaired) electrons. The van der Waals surface area contributed by atoms with Crippen molar-refractivity contribution in [2.75, 3.05) is 31.1 Å². The van der Waals surface area contributed by atoms with Crippen molar-refractivity contribution in [1.82, 2.24) is 9.29 Å². The molecule has 0 N–H and O–H groups in total. The van der Waals surface area contributed by atoms with Crippen LogP contribution in [-0.4, -0.2) is 43.9 Å². The molecule has 30 heavy (non-hydrogen) atoms. The number of anilines is 1. The van der Waals surface area contributed by atoms with Crippen LogP contribution >= 0.6 is 34.5 Å². The van der Waals surface area contributed by atoms with Gasteiger partial charge in [-0.15, -0.1) is 11.3 Å². The third kappa shape index (κ3) is 4.36. The van der Waals surface area contributed by atoms with Gasteiger partial charge in [0.1, 0.15) is 0 Å². The van der Waals surface area contributed by atoms with Crippen LogP contribution in [0, 0.1) is 13.8 Å². The second-order valence-electron chi connectivity index (χ2n) is 7.36. The van der Waals surface area contributed by atoms with Gasteiger partial charge in [0.15, 0.2) is 5.13 Å². The third-order valence-corrected chi connectivity index (χ3v) is 8.58. The van der Waals surface area contributed by atoms with Crippen molar-refractivity contribution in [1.29, 1.82) is 0 Å². The molecule has 0 amide bonds. The predicted octanol–water partition coefficient (Wildman–Crippen LogP) is 5.24. The molecule has 2 heterocycles. The van der Waals surface area contributed by atoms with E-state index in [1.165, 1.54) is 33.6 Å². The van der Waals surface area contributed by atoms with Gasteiger partial charge >= 0.3 is 0 Å². The fraction of sp³-hybridized carbons (Fsp3) is 0.286. The first-order valence-electron chi connectivity index (χ1n) is 9.48. The number of hydrogen-bond acceptors (Lipinski definition) is 5. The minimum absolute atomic E-state index is 0.164. The van der Waals surface area contributed by atoms with E-state index >= 15 is 0 Å². The summed E-state index contributed by atoms with van der Waals surface area (Å²) in [6, 6.07) is 10.8. The molecule has 9 heteroatoms. The summed E-state index contributed by atoms with van der Waals surface area (Å²) in [7, 11) is -3.61. The number of piperazine rings is 1. The number of aryl methyl sites for hydroxylation is 2. The van der Waals surface area contributed by atoms with Crippen molar-refractivity contribution in [3.05, 3.63) is 63.0 Å². The number of sulfonamides is 1. The summed E-state index contributed by atoms with van der Waals surface area (Å²) < 4.78 is 27.4. The van der Waals surface area contributed by atoms with Crippen LogP contribution in [0.5, 0.6) is 0 Å². The van der Waals surface area contributed by atoms with Crippen LogP contribution in [0.3, 0.4) is 0 Å². The Bertz CT molecular complexity index is 1170. The molecular weight excluding hydrogens is 461 g/mol. The molecule has 158 valence electrons. The average molecular weight is 482 g/mol. The third-order valence-electron chi connectivity index (χ3n) is 5.05. The molecule has 2 aromatic carbocycles. The summed E-state index contributed by atoms with van der Waals surface area (Å²) in [6.07, 6.45) is 0. The number of aromatic nitrogens is 1. The van der Waals surface area contributed by atoms with Crippen molar-refractivity contribution in [3.63, 3.8) is 0 Å². The Morgan fingerprint density at radius 1 is 0.933 bits per heavy atom. The normalized spacial score (nSPS) is 15.5. The number of hydrogen-bond donors (Lipinski definition) is 0. The summed E-state index contributed by atoms with van der Waals surface area (Å²) in [6.45, 7) is 6.11. The van der Waals surface area contributed by atoms with Crippen molar-refractivity contribution in [3.8, 4) is 11.3 Å². The standard InChI is InChI=1S/C21H21Cl2N3O2S2/c1-14-9-15(2)11-16(10-14)20-13-29-21(24-20)25-5-7-26(8-6-25)30(27,28)17-3-4-18(22)19(23)12-17/h3-4,9-13H,5-8H2,1-2H3. The first-order chi connectivity index (χ1) is 14.2. The smallest absolute Gasteiger partial charge is 0.243 e. The van der Waals surface area contributed by atoms with Gasteiger partial charge in [0.25, 0.3) is 0 Å². The van der Waals surface area contributed by atoms with Gasteiger partial charge in [-0.25, -0.2) is 13.4 Å². The molecule has 1 aliphatic heterocycles. The van der Waals surface area contributed by atoms with Crippen LogP contribution in [-0.2, 0) is 10.0 Å². The van der Waals surface area contributed by atoms with Crippen molar-refractivity contribution in [2.24, 2.45) is 0 Å². The molecule has 3 aromatic rings. The Hall–Kier alpha value is -1.64.